The van der Waals surface area contributed by atoms with Crippen LogP contribution in [-0.4, -0.2) is 26.4 Å². The lowest BCUT2D eigenvalue weighted by Crippen LogP contribution is -2.41. The standard InChI is InChI=1S/C20H16N4O4S/c1-2-23-18(26)14-10-6-7-11-15(14)21-20(23)29-12-16(25)17-19(27)28-22-24(17)13-8-4-3-5-9-13/h3-11H,2,12H2,1H3/p+1. The second-order valence-corrected chi connectivity index (χ2v) is 7.12. The van der Waals surface area contributed by atoms with E-state index in [9.17, 15) is 14.4 Å². The minimum absolute atomic E-state index is 0.0692. The van der Waals surface area contributed by atoms with E-state index in [2.05, 4.69) is 10.3 Å². The molecule has 2 aromatic carbocycles. The first kappa shape index (κ1) is 18.9. The molecule has 0 aliphatic rings. The maximum Gasteiger partial charge on any atom is 0.438 e. The van der Waals surface area contributed by atoms with E-state index in [0.717, 1.165) is 11.8 Å². The minimum Gasteiger partial charge on any atom is -0.287 e. The van der Waals surface area contributed by atoms with E-state index < -0.39 is 11.4 Å². The Morgan fingerprint density at radius 2 is 1.86 bits per heavy atom. The Balaban J connectivity index is 1.66. The van der Waals surface area contributed by atoms with Gasteiger partial charge in [-0.2, -0.15) is 0 Å². The number of ketones is 1. The van der Waals surface area contributed by atoms with E-state index in [1.807, 2.05) is 13.0 Å². The zero-order valence-corrected chi connectivity index (χ0v) is 16.3. The molecule has 0 atom stereocenters. The highest BCUT2D eigenvalue weighted by Gasteiger charge is 2.30. The number of nitrogens with zero attached hydrogens (tertiary/aromatic N) is 3. The fourth-order valence-electron chi connectivity index (χ4n) is 3.00. The van der Waals surface area contributed by atoms with Gasteiger partial charge in [0, 0.05) is 18.7 Å². The van der Waals surface area contributed by atoms with E-state index >= 15 is 0 Å². The number of nitrogens with one attached hydrogen (secondary N) is 1. The minimum atomic E-state index is -0.751. The molecule has 0 fully saturated rings. The number of hydrogen-bond donors (Lipinski definition) is 1. The third-order valence-electron chi connectivity index (χ3n) is 4.40. The molecule has 4 aromatic rings. The summed E-state index contributed by atoms with van der Waals surface area (Å²) in [5, 5.41) is 3.41. The van der Waals surface area contributed by atoms with E-state index in [4.69, 9.17) is 4.52 Å². The number of carbonyl (C=O) groups is 1. The molecule has 29 heavy (non-hydrogen) atoms. The Morgan fingerprint density at radius 1 is 1.14 bits per heavy atom. The largest absolute Gasteiger partial charge is 0.438 e. The Morgan fingerprint density at radius 3 is 2.62 bits per heavy atom. The predicted octanol–water partition coefficient (Wildman–Crippen LogP) is 1.95. The van der Waals surface area contributed by atoms with Gasteiger partial charge in [0.05, 0.1) is 16.7 Å². The molecule has 0 aliphatic heterocycles. The number of aromatic nitrogens is 4. The third kappa shape index (κ3) is 3.52. The quantitative estimate of drug-likeness (QED) is 0.226. The van der Waals surface area contributed by atoms with Gasteiger partial charge in [0.1, 0.15) is 0 Å². The van der Waals surface area contributed by atoms with E-state index in [1.165, 1.54) is 9.25 Å². The van der Waals surface area contributed by atoms with Crippen molar-refractivity contribution in [3.05, 3.63) is 81.1 Å². The lowest BCUT2D eigenvalue weighted by Gasteiger charge is -2.10. The van der Waals surface area contributed by atoms with Crippen molar-refractivity contribution < 1.29 is 14.0 Å². The Bertz CT molecular complexity index is 1310. The number of H-pyrrole nitrogens is 1. The van der Waals surface area contributed by atoms with E-state index in [1.54, 1.807) is 48.5 Å². The van der Waals surface area contributed by atoms with Crippen molar-refractivity contribution in [2.75, 3.05) is 5.75 Å². The van der Waals surface area contributed by atoms with Crippen LogP contribution in [0.5, 0.6) is 0 Å². The van der Waals surface area contributed by atoms with Crippen molar-refractivity contribution in [2.45, 2.75) is 18.6 Å². The van der Waals surface area contributed by atoms with Gasteiger partial charge in [0.2, 0.25) is 11.5 Å². The molecule has 0 saturated heterocycles. The monoisotopic (exact) mass is 409 g/mol. The smallest absolute Gasteiger partial charge is 0.287 e. The van der Waals surface area contributed by atoms with Gasteiger partial charge in [-0.3, -0.25) is 18.7 Å². The van der Waals surface area contributed by atoms with Crippen molar-refractivity contribution in [1.29, 1.82) is 0 Å². The summed E-state index contributed by atoms with van der Waals surface area (Å²) in [6.07, 6.45) is 0. The molecular formula is C20H17N4O4S+. The lowest BCUT2D eigenvalue weighted by atomic mass is 10.2. The van der Waals surface area contributed by atoms with Crippen molar-refractivity contribution in [3.8, 4) is 5.69 Å². The second-order valence-electron chi connectivity index (χ2n) is 6.17. The van der Waals surface area contributed by atoms with Crippen LogP contribution in [0.1, 0.15) is 17.4 Å². The van der Waals surface area contributed by atoms with Gasteiger partial charge in [0.25, 0.3) is 5.56 Å². The zero-order valence-electron chi connectivity index (χ0n) is 15.5. The fraction of sp³-hybridized carbons (Fsp3) is 0.150. The maximum atomic E-state index is 12.8. The molecule has 0 spiro atoms. The Kier molecular flexibility index (Phi) is 5.13. The van der Waals surface area contributed by atoms with Gasteiger partial charge >= 0.3 is 11.3 Å². The second kappa shape index (κ2) is 7.88. The van der Waals surface area contributed by atoms with Gasteiger partial charge in [-0.05, 0) is 29.0 Å². The van der Waals surface area contributed by atoms with Crippen LogP contribution < -0.4 is 15.9 Å². The summed E-state index contributed by atoms with van der Waals surface area (Å²) in [7, 11) is 0. The average molecular weight is 409 g/mol. The maximum absolute atomic E-state index is 12.8. The molecule has 9 heteroatoms. The van der Waals surface area contributed by atoms with Crippen LogP contribution in [0.25, 0.3) is 16.6 Å². The SMILES string of the molecule is CCn1c(SCC(=O)c2c(=O)o[nH][n+]2-c2ccccc2)nc2ccccc2c1=O. The van der Waals surface area contributed by atoms with Gasteiger partial charge in [0.15, 0.2) is 5.16 Å². The van der Waals surface area contributed by atoms with Crippen molar-refractivity contribution in [1.82, 2.24) is 14.8 Å². The Hall–Kier alpha value is -3.46. The third-order valence-corrected chi connectivity index (χ3v) is 5.38. The van der Waals surface area contributed by atoms with Crippen LogP contribution >= 0.6 is 11.8 Å². The van der Waals surface area contributed by atoms with Gasteiger partial charge in [-0.1, -0.05) is 42.1 Å². The van der Waals surface area contributed by atoms with Crippen LogP contribution in [-0.2, 0) is 6.54 Å². The molecule has 1 N–H and O–H groups in total. The van der Waals surface area contributed by atoms with Crippen molar-refractivity contribution in [2.24, 2.45) is 0 Å². The molecule has 0 bridgehead atoms. The summed E-state index contributed by atoms with van der Waals surface area (Å²) in [5.74, 6) is -0.501. The number of carbonyl (C=O) groups excluding carboxylic acids is 1. The first-order valence-electron chi connectivity index (χ1n) is 8.94. The molecule has 0 aliphatic carbocycles. The van der Waals surface area contributed by atoms with Gasteiger partial charge in [-0.15, -0.1) is 0 Å². The number of para-hydroxylation sites is 2. The molecule has 0 saturated carbocycles. The van der Waals surface area contributed by atoms with E-state index in [-0.39, 0.29) is 17.0 Å². The highest BCUT2D eigenvalue weighted by molar-refractivity contribution is 7.99. The highest BCUT2D eigenvalue weighted by Crippen LogP contribution is 2.18. The zero-order chi connectivity index (χ0) is 20.4. The summed E-state index contributed by atoms with van der Waals surface area (Å²) in [4.78, 5) is 42.1. The molecule has 4 rings (SSSR count). The predicted molar refractivity (Wildman–Crippen MR) is 108 cm³/mol. The molecular weight excluding hydrogens is 392 g/mol. The molecule has 2 heterocycles. The average Bonchev–Trinajstić information content (AvgIpc) is 3.14. The van der Waals surface area contributed by atoms with Crippen LogP contribution in [0.3, 0.4) is 0 Å². The Labute approximate surface area is 168 Å². The highest BCUT2D eigenvalue weighted by atomic mass is 32.2. The molecule has 0 amide bonds. The summed E-state index contributed by atoms with van der Waals surface area (Å²) in [6.45, 7) is 2.26. The summed E-state index contributed by atoms with van der Waals surface area (Å²) >= 11 is 1.11. The van der Waals surface area contributed by atoms with Crippen molar-refractivity contribution >= 4 is 28.4 Å². The number of fused-ring (bicyclic) bond motifs is 1. The van der Waals surface area contributed by atoms with Crippen LogP contribution in [0.2, 0.25) is 0 Å². The van der Waals surface area contributed by atoms with Crippen LogP contribution in [0.15, 0.2) is 73.9 Å². The lowest BCUT2D eigenvalue weighted by molar-refractivity contribution is -0.672. The molecule has 146 valence electrons. The van der Waals surface area contributed by atoms with Gasteiger partial charge in [-0.25, -0.2) is 9.78 Å². The number of rotatable bonds is 6. The number of thioether (sulfide) groups is 1. The topological polar surface area (TPSA) is 102 Å². The number of aromatic amines is 1. The first-order valence-corrected chi connectivity index (χ1v) is 9.93. The van der Waals surface area contributed by atoms with Crippen LogP contribution in [0.4, 0.5) is 0 Å². The normalized spacial score (nSPS) is 11.1. The van der Waals surface area contributed by atoms with E-state index in [0.29, 0.717) is 28.3 Å². The number of benzene rings is 2. The van der Waals surface area contributed by atoms with Gasteiger partial charge < -0.3 is 0 Å². The van der Waals surface area contributed by atoms with Crippen LogP contribution in [0, 0.1) is 0 Å². The molecule has 0 unspecified atom stereocenters. The summed E-state index contributed by atoms with van der Waals surface area (Å²) in [5.41, 5.74) is 0.140. The molecule has 2 aromatic heterocycles. The summed E-state index contributed by atoms with van der Waals surface area (Å²) < 4.78 is 7.66. The first-order chi connectivity index (χ1) is 14.1. The fourth-order valence-corrected chi connectivity index (χ4v) is 3.93. The number of hydrogen-bond acceptors (Lipinski definition) is 6. The van der Waals surface area contributed by atoms with Crippen molar-refractivity contribution in [3.63, 3.8) is 0 Å². The molecule has 8 nitrogen and oxygen atoms in total. The number of Topliss-reactive ketones (excluding diaryl/α,β-unsaturated/α-hetero) is 1. The molecule has 0 radical (unpaired) electrons. The summed E-state index contributed by atoms with van der Waals surface area (Å²) in [6, 6.07) is 16.0.